The number of quaternary nitrogens is 2. The summed E-state index contributed by atoms with van der Waals surface area (Å²) in [6.45, 7) is 8.12. The fourth-order valence-corrected chi connectivity index (χ4v) is 3.37. The molecular formula is C16H28N3O4S4. The largest absolute Gasteiger partial charge is 0.462 e. The number of hydrogen-bond acceptors (Lipinski definition) is 8. The fraction of sp³-hybridized carbons (Fsp3) is 0.750. The fourth-order valence-electron chi connectivity index (χ4n) is 2.60. The third kappa shape index (κ3) is 8.14. The maximum Gasteiger partial charge on any atom is 0.364 e. The minimum atomic E-state index is -0.483. The third-order valence-corrected chi connectivity index (χ3v) is 4.96. The van der Waals surface area contributed by atoms with E-state index in [9.17, 15) is 9.59 Å². The Morgan fingerprint density at radius 3 is 1.37 bits per heavy atom. The number of esters is 2. The van der Waals surface area contributed by atoms with E-state index in [0.29, 0.717) is 25.9 Å². The molecular weight excluding hydrogens is 426 g/mol. The number of rotatable bonds is 12. The predicted octanol–water partition coefficient (Wildman–Crippen LogP) is 1.66. The predicted molar refractivity (Wildman–Crippen MR) is 116 cm³/mol. The van der Waals surface area contributed by atoms with Gasteiger partial charge in [0, 0.05) is 0 Å². The second kappa shape index (κ2) is 12.8. The smallest absolute Gasteiger partial charge is 0.364 e. The van der Waals surface area contributed by atoms with Crippen molar-refractivity contribution >= 4 is 70.3 Å². The van der Waals surface area contributed by atoms with Crippen LogP contribution < -0.4 is 5.53 Å². The van der Waals surface area contributed by atoms with Crippen LogP contribution in [0.2, 0.25) is 0 Å². The number of carbonyl (C=O) groups excluding carboxylic acids is 2. The summed E-state index contributed by atoms with van der Waals surface area (Å²) in [5.41, 5.74) is 4.74. The molecule has 0 aliphatic carbocycles. The monoisotopic (exact) mass is 454 g/mol. The van der Waals surface area contributed by atoms with E-state index in [2.05, 4.69) is 0 Å². The minimum absolute atomic E-state index is 0.0682. The standard InChI is InChI=1S/C16H30N3O4S4/c1-5-9-18(15(24)25,11-13(20)22-7-3)17-19(10-6-2,16(26)27)12-14(21)23-8-4/h5-12H2,1-4H3,(H,24,25)(H,26,27)/q+2/p-2. The average molecular weight is 455 g/mol. The second-order valence-corrected chi connectivity index (χ2v) is 7.90. The Morgan fingerprint density at radius 1 is 0.815 bits per heavy atom. The highest BCUT2D eigenvalue weighted by Crippen LogP contribution is 2.18. The molecule has 155 valence electrons. The molecule has 0 spiro atoms. The third-order valence-electron chi connectivity index (χ3n) is 3.60. The zero-order valence-corrected chi connectivity index (χ0v) is 19.5. The molecule has 0 bridgehead atoms. The molecule has 0 rings (SSSR count). The van der Waals surface area contributed by atoms with Crippen molar-refractivity contribution in [3.05, 3.63) is 0 Å². The van der Waals surface area contributed by atoms with Gasteiger partial charge in [0.05, 0.1) is 21.9 Å². The summed E-state index contributed by atoms with van der Waals surface area (Å²) < 4.78 is 9.58. The van der Waals surface area contributed by atoms with Crippen molar-refractivity contribution in [1.29, 1.82) is 0 Å². The average Bonchev–Trinajstić information content (AvgIpc) is 2.55. The molecule has 0 aromatic carbocycles. The summed E-state index contributed by atoms with van der Waals surface area (Å²) in [6, 6.07) is 0. The first-order valence-corrected chi connectivity index (χ1v) is 10.5. The van der Waals surface area contributed by atoms with Crippen molar-refractivity contribution in [2.45, 2.75) is 40.5 Å². The summed E-state index contributed by atoms with van der Waals surface area (Å²) in [5, 5.41) is 0. The molecule has 0 amide bonds. The van der Waals surface area contributed by atoms with Crippen molar-refractivity contribution in [2.24, 2.45) is 0 Å². The highest BCUT2D eigenvalue weighted by atomic mass is 32.1. The molecule has 0 N–H and O–H groups in total. The van der Waals surface area contributed by atoms with E-state index in [-0.39, 0.29) is 44.1 Å². The van der Waals surface area contributed by atoms with Crippen molar-refractivity contribution in [3.8, 4) is 0 Å². The maximum absolute atomic E-state index is 12.2. The van der Waals surface area contributed by atoms with Gasteiger partial charge in [0.25, 0.3) is 0 Å². The first kappa shape index (κ1) is 26.4. The molecule has 0 fully saturated rings. The quantitative estimate of drug-likeness (QED) is 0.145. The van der Waals surface area contributed by atoms with E-state index in [1.54, 1.807) is 13.8 Å². The van der Waals surface area contributed by atoms with E-state index in [0.717, 1.165) is 0 Å². The van der Waals surface area contributed by atoms with Crippen molar-refractivity contribution in [1.82, 2.24) is 5.53 Å². The number of carbonyl (C=O) groups is 2. The normalized spacial score (nSPS) is 15.3. The minimum Gasteiger partial charge on any atom is -0.462 e. The molecule has 7 nitrogen and oxygen atoms in total. The summed E-state index contributed by atoms with van der Waals surface area (Å²) in [4.78, 5) is 24.4. The number of thiocarbonyl (C=S) groups is 2. The second-order valence-electron chi connectivity index (χ2n) is 5.84. The zero-order valence-electron chi connectivity index (χ0n) is 16.3. The molecule has 0 saturated heterocycles. The Morgan fingerprint density at radius 2 is 1.15 bits per heavy atom. The Balaban J connectivity index is 6.07. The van der Waals surface area contributed by atoms with Gasteiger partial charge in [-0.15, -0.1) is 9.18 Å². The van der Waals surface area contributed by atoms with E-state index >= 15 is 0 Å². The van der Waals surface area contributed by atoms with Gasteiger partial charge in [-0.25, -0.2) is 9.59 Å². The number of ether oxygens (including phenoxy) is 2. The lowest BCUT2D eigenvalue weighted by atomic mass is 10.4. The molecule has 0 aliphatic heterocycles. The Bertz CT molecular complexity index is 504. The van der Waals surface area contributed by atoms with Gasteiger partial charge in [0.2, 0.25) is 13.1 Å². The van der Waals surface area contributed by atoms with Crippen LogP contribution >= 0.6 is 24.4 Å². The molecule has 0 aromatic heterocycles. The van der Waals surface area contributed by atoms with Crippen LogP contribution in [-0.4, -0.2) is 69.2 Å². The van der Waals surface area contributed by atoms with Gasteiger partial charge in [-0.1, -0.05) is 13.8 Å². The lowest BCUT2D eigenvalue weighted by molar-refractivity contribution is -1.09. The van der Waals surface area contributed by atoms with Gasteiger partial charge < -0.3 is 59.2 Å². The van der Waals surface area contributed by atoms with E-state index in [1.165, 1.54) is 0 Å². The molecule has 1 radical (unpaired) electrons. The van der Waals surface area contributed by atoms with Crippen LogP contribution in [0.15, 0.2) is 0 Å². The first-order valence-electron chi connectivity index (χ1n) is 8.86. The van der Waals surface area contributed by atoms with Gasteiger partial charge >= 0.3 is 11.9 Å². The molecule has 27 heavy (non-hydrogen) atoms. The van der Waals surface area contributed by atoms with Crippen LogP contribution in [-0.2, 0) is 44.3 Å². The van der Waals surface area contributed by atoms with Crippen LogP contribution in [0.3, 0.4) is 0 Å². The van der Waals surface area contributed by atoms with Crippen LogP contribution in [0.4, 0.5) is 0 Å². The van der Waals surface area contributed by atoms with Crippen molar-refractivity contribution in [2.75, 3.05) is 39.4 Å². The van der Waals surface area contributed by atoms with Gasteiger partial charge in [-0.3, -0.25) is 0 Å². The highest BCUT2D eigenvalue weighted by molar-refractivity contribution is 8.00. The molecule has 0 saturated carbocycles. The molecule has 0 heterocycles. The van der Waals surface area contributed by atoms with E-state index in [1.807, 2.05) is 13.8 Å². The zero-order chi connectivity index (χ0) is 21.1. The summed E-state index contributed by atoms with van der Waals surface area (Å²) >= 11 is 21.1. The van der Waals surface area contributed by atoms with Crippen LogP contribution in [0.1, 0.15) is 40.5 Å². The van der Waals surface area contributed by atoms with Gasteiger partial charge in [0.15, 0.2) is 5.53 Å². The first-order chi connectivity index (χ1) is 12.6. The van der Waals surface area contributed by atoms with Crippen molar-refractivity contribution < 1.29 is 28.2 Å². The maximum atomic E-state index is 12.2. The van der Waals surface area contributed by atoms with E-state index in [4.69, 9.17) is 64.7 Å². The van der Waals surface area contributed by atoms with E-state index < -0.39 is 11.9 Å². The Labute approximate surface area is 183 Å². The number of nitrogens with zero attached hydrogens (tertiary/aromatic N) is 3. The van der Waals surface area contributed by atoms with Gasteiger partial charge in [-0.2, -0.15) is 0 Å². The SMILES string of the molecule is CCC[N+](CC(=O)OCC)([N][N+](CCC)(CC(=O)OCC)C(=S)[S-])C(=S)[S-]. The number of hydrogen-bond donors (Lipinski definition) is 0. The summed E-state index contributed by atoms with van der Waals surface area (Å²) in [7, 11) is 0. The summed E-state index contributed by atoms with van der Waals surface area (Å²) in [6.07, 6.45) is 1.30. The van der Waals surface area contributed by atoms with Gasteiger partial charge in [0.1, 0.15) is 13.1 Å². The van der Waals surface area contributed by atoms with Crippen molar-refractivity contribution in [3.63, 3.8) is 0 Å². The molecule has 0 aliphatic rings. The Kier molecular flexibility index (Phi) is 12.5. The Hall–Kier alpha value is -0.560. The topological polar surface area (TPSA) is 66.7 Å². The van der Waals surface area contributed by atoms with Crippen LogP contribution in [0, 0.1) is 0 Å². The van der Waals surface area contributed by atoms with Crippen LogP contribution in [0.25, 0.3) is 0 Å². The molecule has 0 aromatic rings. The molecule has 2 unspecified atom stereocenters. The lowest BCUT2D eigenvalue weighted by Crippen LogP contribution is -2.72. The molecule has 2 atom stereocenters. The van der Waals surface area contributed by atoms with Crippen LogP contribution in [0.5, 0.6) is 0 Å². The summed E-state index contributed by atoms with van der Waals surface area (Å²) in [5.74, 6) is -0.967. The highest BCUT2D eigenvalue weighted by Gasteiger charge is 2.46. The lowest BCUT2D eigenvalue weighted by Gasteiger charge is -2.43. The molecule has 11 heteroatoms. The van der Waals surface area contributed by atoms with Gasteiger partial charge in [-0.05, 0) is 26.7 Å².